The first-order valence-electron chi connectivity index (χ1n) is 6.09. The van der Waals surface area contributed by atoms with Gasteiger partial charge in [-0.15, -0.1) is 0 Å². The lowest BCUT2D eigenvalue weighted by molar-refractivity contribution is 1.19. The fourth-order valence-corrected chi connectivity index (χ4v) is 2.20. The predicted octanol–water partition coefficient (Wildman–Crippen LogP) is 4.33. The first-order valence-corrected chi connectivity index (χ1v) is 6.49. The van der Waals surface area contributed by atoms with Crippen molar-refractivity contribution in [1.29, 1.82) is 0 Å². The Balaban J connectivity index is 2.48. The fourth-order valence-electron chi connectivity index (χ4n) is 2.05. The van der Waals surface area contributed by atoms with Gasteiger partial charge in [0.15, 0.2) is 0 Å². The Labute approximate surface area is 116 Å². The summed E-state index contributed by atoms with van der Waals surface area (Å²) < 4.78 is 0.554. The van der Waals surface area contributed by atoms with Crippen LogP contribution in [0.1, 0.15) is 5.69 Å². The molecule has 0 fully saturated rings. The predicted molar refractivity (Wildman–Crippen MR) is 80.5 cm³/mol. The minimum absolute atomic E-state index is 0.554. The molecule has 92 valence electrons. The number of hydrogen-bond acceptors (Lipinski definition) is 3. The second-order valence-electron chi connectivity index (χ2n) is 4.35. The van der Waals surface area contributed by atoms with E-state index in [1.807, 2.05) is 49.4 Å². The van der Waals surface area contributed by atoms with Gasteiger partial charge in [0.25, 0.3) is 0 Å². The highest BCUT2D eigenvalue weighted by Gasteiger charge is 2.06. The van der Waals surface area contributed by atoms with Gasteiger partial charge in [-0.1, -0.05) is 60.7 Å². The van der Waals surface area contributed by atoms with Gasteiger partial charge >= 0.3 is 0 Å². The summed E-state index contributed by atoms with van der Waals surface area (Å²) in [6.07, 6.45) is 0. The molecule has 0 bridgehead atoms. The number of aromatic nitrogens is 2. The Bertz CT molecular complexity index is 798. The second-order valence-corrected chi connectivity index (χ2v) is 4.73. The summed E-state index contributed by atoms with van der Waals surface area (Å²) >= 11 is 5.28. The molecular formula is C16H12N2S. The quantitative estimate of drug-likeness (QED) is 0.612. The maximum atomic E-state index is 5.28. The minimum Gasteiger partial charge on any atom is -0.249 e. The van der Waals surface area contributed by atoms with Crippen LogP contribution in [0, 0.1) is 11.6 Å². The molecule has 2 aromatic carbocycles. The van der Waals surface area contributed by atoms with Gasteiger partial charge < -0.3 is 0 Å². The molecule has 0 aliphatic rings. The highest BCUT2D eigenvalue weighted by molar-refractivity contribution is 7.71. The van der Waals surface area contributed by atoms with Crippen LogP contribution < -0.4 is 0 Å². The molecule has 3 aromatic rings. The Kier molecular flexibility index (Phi) is 3.05. The van der Waals surface area contributed by atoms with Crippen LogP contribution in [-0.2, 0) is 0 Å². The Morgan fingerprint density at radius 1 is 0.842 bits per heavy atom. The van der Waals surface area contributed by atoms with Crippen LogP contribution in [0.4, 0.5) is 0 Å². The standard InChI is InChI=1S/C16H12N2S/c1-11-16(19)18-14-10-6-5-9-13(14)15(17-11)12-7-3-2-4-8-12/h2-10H,1H3. The summed E-state index contributed by atoms with van der Waals surface area (Å²) in [5.74, 6) is 0. The molecule has 0 amide bonds. The van der Waals surface area contributed by atoms with E-state index in [0.717, 1.165) is 27.9 Å². The first-order chi connectivity index (χ1) is 9.25. The summed E-state index contributed by atoms with van der Waals surface area (Å²) in [5, 5.41) is 1.02. The third kappa shape index (κ3) is 2.25. The smallest absolute Gasteiger partial charge is 0.148 e. The van der Waals surface area contributed by atoms with Crippen molar-refractivity contribution in [3.05, 3.63) is 64.9 Å². The molecule has 0 aliphatic heterocycles. The Morgan fingerprint density at radius 3 is 2.32 bits per heavy atom. The van der Waals surface area contributed by atoms with Crippen LogP contribution in [0.15, 0.2) is 54.6 Å². The molecule has 3 rings (SSSR count). The zero-order valence-corrected chi connectivity index (χ0v) is 11.3. The molecule has 0 atom stereocenters. The van der Waals surface area contributed by atoms with Gasteiger partial charge in [0.2, 0.25) is 0 Å². The minimum atomic E-state index is 0.554. The van der Waals surface area contributed by atoms with Gasteiger partial charge in [-0.25, -0.2) is 9.97 Å². The van der Waals surface area contributed by atoms with Crippen LogP contribution in [-0.4, -0.2) is 9.97 Å². The number of fused-ring (bicyclic) bond motifs is 1. The maximum absolute atomic E-state index is 5.28. The van der Waals surface area contributed by atoms with E-state index in [-0.39, 0.29) is 0 Å². The summed E-state index contributed by atoms with van der Waals surface area (Å²) in [5.41, 5.74) is 3.67. The largest absolute Gasteiger partial charge is 0.249 e. The van der Waals surface area contributed by atoms with Crippen molar-refractivity contribution in [2.45, 2.75) is 6.92 Å². The normalized spacial score (nSPS) is 10.6. The van der Waals surface area contributed by atoms with Crippen LogP contribution >= 0.6 is 12.2 Å². The van der Waals surface area contributed by atoms with Crippen molar-refractivity contribution in [3.8, 4) is 11.3 Å². The summed E-state index contributed by atoms with van der Waals surface area (Å²) in [6, 6.07) is 18.1. The summed E-state index contributed by atoms with van der Waals surface area (Å²) in [7, 11) is 0. The average molecular weight is 264 g/mol. The van der Waals surface area contributed by atoms with Crippen LogP contribution in [0.5, 0.6) is 0 Å². The molecule has 0 saturated carbocycles. The monoisotopic (exact) mass is 264 g/mol. The zero-order chi connectivity index (χ0) is 13.2. The van der Waals surface area contributed by atoms with Crippen molar-refractivity contribution in [2.75, 3.05) is 0 Å². The number of hydrogen-bond donors (Lipinski definition) is 0. The van der Waals surface area contributed by atoms with Crippen molar-refractivity contribution in [2.24, 2.45) is 0 Å². The molecule has 3 heteroatoms. The third-order valence-electron chi connectivity index (χ3n) is 3.02. The highest BCUT2D eigenvalue weighted by Crippen LogP contribution is 2.24. The van der Waals surface area contributed by atoms with Crippen LogP contribution in [0.2, 0.25) is 0 Å². The zero-order valence-electron chi connectivity index (χ0n) is 10.5. The van der Waals surface area contributed by atoms with E-state index in [0.29, 0.717) is 4.64 Å². The molecule has 0 radical (unpaired) electrons. The summed E-state index contributed by atoms with van der Waals surface area (Å²) in [4.78, 5) is 9.14. The van der Waals surface area contributed by atoms with E-state index < -0.39 is 0 Å². The average Bonchev–Trinajstić information content (AvgIpc) is 2.58. The van der Waals surface area contributed by atoms with Crippen molar-refractivity contribution >= 4 is 23.1 Å². The molecule has 0 saturated heterocycles. The molecule has 1 aromatic heterocycles. The van der Waals surface area contributed by atoms with Crippen molar-refractivity contribution < 1.29 is 0 Å². The Morgan fingerprint density at radius 2 is 1.53 bits per heavy atom. The van der Waals surface area contributed by atoms with Gasteiger partial charge in [0.1, 0.15) is 4.64 Å². The molecule has 2 nitrogen and oxygen atoms in total. The van der Waals surface area contributed by atoms with E-state index in [4.69, 9.17) is 12.2 Å². The van der Waals surface area contributed by atoms with Gasteiger partial charge in [-0.2, -0.15) is 0 Å². The van der Waals surface area contributed by atoms with Gasteiger partial charge in [0.05, 0.1) is 16.9 Å². The molecule has 19 heavy (non-hydrogen) atoms. The highest BCUT2D eigenvalue weighted by atomic mass is 32.1. The number of aryl methyl sites for hydroxylation is 1. The molecule has 0 aliphatic carbocycles. The third-order valence-corrected chi connectivity index (χ3v) is 3.40. The molecule has 0 N–H and O–H groups in total. The van der Waals surface area contributed by atoms with Gasteiger partial charge in [-0.3, -0.25) is 0 Å². The van der Waals surface area contributed by atoms with Crippen molar-refractivity contribution in [1.82, 2.24) is 9.97 Å². The molecular weight excluding hydrogens is 252 g/mol. The van der Waals surface area contributed by atoms with E-state index in [1.54, 1.807) is 0 Å². The lowest BCUT2D eigenvalue weighted by Gasteiger charge is -2.01. The summed E-state index contributed by atoms with van der Waals surface area (Å²) in [6.45, 7) is 1.90. The lowest BCUT2D eigenvalue weighted by atomic mass is 10.1. The van der Waals surface area contributed by atoms with Gasteiger partial charge in [-0.05, 0) is 13.0 Å². The molecule has 0 spiro atoms. The van der Waals surface area contributed by atoms with Gasteiger partial charge in [0, 0.05) is 10.9 Å². The van der Waals surface area contributed by atoms with E-state index in [1.165, 1.54) is 0 Å². The van der Waals surface area contributed by atoms with E-state index in [9.17, 15) is 0 Å². The maximum Gasteiger partial charge on any atom is 0.148 e. The molecule has 0 unspecified atom stereocenters. The Hall–Kier alpha value is -2.13. The SMILES string of the molecule is Cc1nc(-c2ccccc2)c2ccccc2nc1=S. The number of rotatable bonds is 1. The molecule has 1 heterocycles. The fraction of sp³-hybridized carbons (Fsp3) is 0.0625. The second kappa shape index (κ2) is 4.86. The van der Waals surface area contributed by atoms with E-state index >= 15 is 0 Å². The van der Waals surface area contributed by atoms with Crippen molar-refractivity contribution in [3.63, 3.8) is 0 Å². The van der Waals surface area contributed by atoms with E-state index in [2.05, 4.69) is 22.1 Å². The number of para-hydroxylation sites is 1. The number of benzene rings is 2. The topological polar surface area (TPSA) is 25.8 Å². The van der Waals surface area contributed by atoms with Crippen LogP contribution in [0.25, 0.3) is 22.2 Å². The lowest BCUT2D eigenvalue weighted by Crippen LogP contribution is -1.83. The first kappa shape index (κ1) is 11.9. The van der Waals surface area contributed by atoms with Crippen LogP contribution in [0.3, 0.4) is 0 Å². The number of nitrogens with zero attached hydrogens (tertiary/aromatic N) is 2.